The summed E-state index contributed by atoms with van der Waals surface area (Å²) < 4.78 is 0. The number of nitrogens with zero attached hydrogens (tertiary/aromatic N) is 4. The monoisotopic (exact) mass is 374 g/mol. The molecule has 0 atom stereocenters. The molecule has 0 saturated carbocycles. The molecule has 2 N–H and O–H groups in total. The van der Waals surface area contributed by atoms with Crippen LogP contribution in [-0.4, -0.2) is 42.6 Å². The predicted octanol–water partition coefficient (Wildman–Crippen LogP) is 2.88. The number of nitrogens with one attached hydrogen (secondary N) is 2. The van der Waals surface area contributed by atoms with E-state index in [0.29, 0.717) is 11.7 Å². The molecule has 0 radical (unpaired) electrons. The van der Waals surface area contributed by atoms with Gasteiger partial charge in [0.15, 0.2) is 5.96 Å². The van der Waals surface area contributed by atoms with Crippen LogP contribution in [0.5, 0.6) is 0 Å². The van der Waals surface area contributed by atoms with Gasteiger partial charge < -0.3 is 15.5 Å². The Hall–Kier alpha value is -2.34. The highest BCUT2D eigenvalue weighted by Gasteiger charge is 2.04. The topological polar surface area (TPSA) is 65.4 Å². The molecule has 0 amide bonds. The number of rotatable bonds is 8. The summed E-state index contributed by atoms with van der Waals surface area (Å²) in [6.07, 6.45) is 4.56. The molecular weight excluding hydrogens is 348 g/mol. The van der Waals surface area contributed by atoms with Crippen LogP contribution >= 0.6 is 11.6 Å². The lowest BCUT2D eigenvalue weighted by molar-refractivity contribution is 0.789. The van der Waals surface area contributed by atoms with Gasteiger partial charge in [0.2, 0.25) is 0 Å². The second-order valence-electron chi connectivity index (χ2n) is 5.79. The summed E-state index contributed by atoms with van der Waals surface area (Å²) in [5, 5.41) is 7.12. The van der Waals surface area contributed by atoms with Crippen LogP contribution in [0.15, 0.2) is 41.7 Å². The molecule has 140 valence electrons. The fourth-order valence-corrected chi connectivity index (χ4v) is 2.65. The lowest BCUT2D eigenvalue weighted by Gasteiger charge is -2.19. The Kier molecular flexibility index (Phi) is 8.15. The zero-order chi connectivity index (χ0) is 18.8. The van der Waals surface area contributed by atoms with E-state index >= 15 is 0 Å². The summed E-state index contributed by atoms with van der Waals surface area (Å²) in [5.74, 6) is 1.78. The first-order valence-electron chi connectivity index (χ1n) is 8.91. The van der Waals surface area contributed by atoms with E-state index in [1.54, 1.807) is 19.3 Å². The number of aliphatic imine (C=N–C) groups is 1. The summed E-state index contributed by atoms with van der Waals surface area (Å²) in [4.78, 5) is 15.1. The number of aromatic nitrogens is 2. The van der Waals surface area contributed by atoms with Crippen LogP contribution in [0.2, 0.25) is 5.15 Å². The normalized spacial score (nSPS) is 11.3. The third-order valence-corrected chi connectivity index (χ3v) is 4.30. The SMILES string of the molecule is CCN(CC)c1ccc(CNC(=NC)NCCc2ccc(Cl)nc2)cn1. The smallest absolute Gasteiger partial charge is 0.191 e. The van der Waals surface area contributed by atoms with E-state index < -0.39 is 0 Å². The molecule has 0 aliphatic carbocycles. The molecule has 7 heteroatoms. The zero-order valence-corrected chi connectivity index (χ0v) is 16.4. The number of guanidine groups is 1. The van der Waals surface area contributed by atoms with Crippen molar-refractivity contribution in [3.8, 4) is 0 Å². The lowest BCUT2D eigenvalue weighted by Crippen LogP contribution is -2.37. The predicted molar refractivity (Wildman–Crippen MR) is 109 cm³/mol. The molecule has 6 nitrogen and oxygen atoms in total. The molecule has 2 aromatic heterocycles. The standard InChI is InChI=1S/C19H27ClN6/c1-4-26(5-2)18-9-7-16(13-24-18)14-25-19(21-3)22-11-10-15-6-8-17(20)23-12-15/h6-9,12-13H,4-5,10-11,14H2,1-3H3,(H2,21,22,25). The van der Waals surface area contributed by atoms with Crippen molar-refractivity contribution in [2.24, 2.45) is 4.99 Å². The second kappa shape index (κ2) is 10.6. The molecule has 2 aromatic rings. The Morgan fingerprint density at radius 3 is 2.35 bits per heavy atom. The molecule has 0 unspecified atom stereocenters. The van der Waals surface area contributed by atoms with Crippen molar-refractivity contribution in [1.29, 1.82) is 0 Å². The summed E-state index contributed by atoms with van der Waals surface area (Å²) in [6, 6.07) is 7.95. The van der Waals surface area contributed by atoms with Gasteiger partial charge in [-0.25, -0.2) is 9.97 Å². The van der Waals surface area contributed by atoms with Crippen molar-refractivity contribution >= 4 is 23.4 Å². The van der Waals surface area contributed by atoms with E-state index in [0.717, 1.165) is 49.0 Å². The van der Waals surface area contributed by atoms with Gasteiger partial charge in [0.1, 0.15) is 11.0 Å². The Bertz CT molecular complexity index is 680. The van der Waals surface area contributed by atoms with Crippen molar-refractivity contribution in [3.05, 3.63) is 52.9 Å². The molecule has 2 rings (SSSR count). The van der Waals surface area contributed by atoms with Gasteiger partial charge in [-0.05, 0) is 43.5 Å². The maximum Gasteiger partial charge on any atom is 0.191 e. The number of halogens is 1. The maximum atomic E-state index is 5.80. The van der Waals surface area contributed by atoms with Crippen molar-refractivity contribution in [3.63, 3.8) is 0 Å². The first-order chi connectivity index (χ1) is 12.7. The third-order valence-electron chi connectivity index (χ3n) is 4.07. The number of hydrogen-bond donors (Lipinski definition) is 2. The molecule has 0 spiro atoms. The first kappa shape index (κ1) is 20.0. The summed E-state index contributed by atoms with van der Waals surface area (Å²) in [7, 11) is 1.76. The van der Waals surface area contributed by atoms with Gasteiger partial charge in [-0.15, -0.1) is 0 Å². The van der Waals surface area contributed by atoms with Gasteiger partial charge in [-0.1, -0.05) is 23.7 Å². The minimum atomic E-state index is 0.514. The molecule has 2 heterocycles. The van der Waals surface area contributed by atoms with Gasteiger partial charge in [-0.2, -0.15) is 0 Å². The molecular formula is C19H27ClN6. The van der Waals surface area contributed by atoms with Gasteiger partial charge in [0.25, 0.3) is 0 Å². The van der Waals surface area contributed by atoms with Crippen LogP contribution in [0.1, 0.15) is 25.0 Å². The van der Waals surface area contributed by atoms with Crippen LogP contribution in [0.4, 0.5) is 5.82 Å². The van der Waals surface area contributed by atoms with E-state index in [4.69, 9.17) is 11.6 Å². The van der Waals surface area contributed by atoms with Crippen molar-refractivity contribution in [2.75, 3.05) is 31.6 Å². The fraction of sp³-hybridized carbons (Fsp3) is 0.421. The van der Waals surface area contributed by atoms with Gasteiger partial charge >= 0.3 is 0 Å². The highest BCUT2D eigenvalue weighted by Crippen LogP contribution is 2.10. The molecule has 0 bridgehead atoms. The molecule has 0 fully saturated rings. The third kappa shape index (κ3) is 6.19. The van der Waals surface area contributed by atoms with E-state index in [2.05, 4.69) is 56.5 Å². The first-order valence-corrected chi connectivity index (χ1v) is 9.28. The molecule has 0 aliphatic heterocycles. The van der Waals surface area contributed by atoms with Gasteiger partial charge in [0.05, 0.1) is 0 Å². The fourth-order valence-electron chi connectivity index (χ4n) is 2.54. The quantitative estimate of drug-likeness (QED) is 0.422. The van der Waals surface area contributed by atoms with E-state index in [1.807, 2.05) is 12.3 Å². The Labute approximate surface area is 160 Å². The molecule has 0 saturated heterocycles. The average molecular weight is 375 g/mol. The minimum absolute atomic E-state index is 0.514. The van der Waals surface area contributed by atoms with Gasteiger partial charge in [0, 0.05) is 45.6 Å². The summed E-state index contributed by atoms with van der Waals surface area (Å²) in [6.45, 7) is 7.63. The average Bonchev–Trinajstić information content (AvgIpc) is 2.68. The summed E-state index contributed by atoms with van der Waals surface area (Å²) in [5.41, 5.74) is 2.25. The van der Waals surface area contributed by atoms with Crippen LogP contribution in [0.3, 0.4) is 0 Å². The van der Waals surface area contributed by atoms with Crippen molar-refractivity contribution in [1.82, 2.24) is 20.6 Å². The lowest BCUT2D eigenvalue weighted by atomic mass is 10.2. The molecule has 26 heavy (non-hydrogen) atoms. The maximum absolute atomic E-state index is 5.80. The number of hydrogen-bond acceptors (Lipinski definition) is 4. The number of anilines is 1. The Morgan fingerprint density at radius 1 is 1.04 bits per heavy atom. The van der Waals surface area contributed by atoms with Crippen LogP contribution in [0, 0.1) is 0 Å². The minimum Gasteiger partial charge on any atom is -0.357 e. The molecule has 0 aromatic carbocycles. The zero-order valence-electron chi connectivity index (χ0n) is 15.7. The highest BCUT2D eigenvalue weighted by atomic mass is 35.5. The molecule has 0 aliphatic rings. The largest absolute Gasteiger partial charge is 0.357 e. The van der Waals surface area contributed by atoms with E-state index in [1.165, 1.54) is 0 Å². The van der Waals surface area contributed by atoms with Crippen LogP contribution in [0.25, 0.3) is 0 Å². The Morgan fingerprint density at radius 2 is 1.77 bits per heavy atom. The second-order valence-corrected chi connectivity index (χ2v) is 6.18. The summed E-state index contributed by atoms with van der Waals surface area (Å²) >= 11 is 5.80. The van der Waals surface area contributed by atoms with Gasteiger partial charge in [-0.3, -0.25) is 4.99 Å². The van der Waals surface area contributed by atoms with E-state index in [9.17, 15) is 0 Å². The van der Waals surface area contributed by atoms with Crippen LogP contribution < -0.4 is 15.5 Å². The van der Waals surface area contributed by atoms with Crippen molar-refractivity contribution < 1.29 is 0 Å². The Balaban J connectivity index is 1.78. The van der Waals surface area contributed by atoms with E-state index in [-0.39, 0.29) is 0 Å². The van der Waals surface area contributed by atoms with Crippen molar-refractivity contribution in [2.45, 2.75) is 26.8 Å². The number of pyridine rings is 2. The van der Waals surface area contributed by atoms with Crippen LogP contribution in [-0.2, 0) is 13.0 Å². The highest BCUT2D eigenvalue weighted by molar-refractivity contribution is 6.29.